The maximum Gasteiger partial charge on any atom is 0.331 e. The van der Waals surface area contributed by atoms with Crippen LogP contribution in [-0.2, 0) is 20.9 Å². The fraction of sp³-hybridized carbons (Fsp3) is 0.118. The van der Waals surface area contributed by atoms with Crippen molar-refractivity contribution in [1.82, 2.24) is 10.6 Å². The van der Waals surface area contributed by atoms with Crippen LogP contribution in [-0.4, -0.2) is 24.5 Å². The maximum absolute atomic E-state index is 11.6. The van der Waals surface area contributed by atoms with Crippen LogP contribution in [0.2, 0.25) is 0 Å². The van der Waals surface area contributed by atoms with Gasteiger partial charge in [-0.25, -0.2) is 9.59 Å². The molecule has 0 unspecified atom stereocenters. The maximum atomic E-state index is 11.6. The highest BCUT2D eigenvalue weighted by Crippen LogP contribution is 2.14. The summed E-state index contributed by atoms with van der Waals surface area (Å²) in [4.78, 5) is 34.6. The number of hydrogen-bond acceptors (Lipinski definition) is 5. The van der Waals surface area contributed by atoms with E-state index in [0.717, 1.165) is 11.6 Å². The number of rotatable bonds is 6. The fourth-order valence-electron chi connectivity index (χ4n) is 1.74. The molecule has 25 heavy (non-hydrogen) atoms. The molecule has 1 aromatic carbocycles. The lowest BCUT2D eigenvalue weighted by Crippen LogP contribution is -2.41. The Balaban J connectivity index is 1.66. The van der Waals surface area contributed by atoms with E-state index in [2.05, 4.69) is 26.6 Å². The van der Waals surface area contributed by atoms with Crippen molar-refractivity contribution >= 4 is 39.9 Å². The zero-order valence-corrected chi connectivity index (χ0v) is 14.6. The van der Waals surface area contributed by atoms with E-state index in [1.165, 1.54) is 6.08 Å². The second kappa shape index (κ2) is 9.43. The Morgan fingerprint density at radius 1 is 1.12 bits per heavy atom. The summed E-state index contributed by atoms with van der Waals surface area (Å²) in [6.07, 6.45) is 2.52. The van der Waals surface area contributed by atoms with Gasteiger partial charge in [-0.3, -0.25) is 10.1 Å². The minimum absolute atomic E-state index is 0.279. The van der Waals surface area contributed by atoms with Gasteiger partial charge in [0.25, 0.3) is 5.91 Å². The van der Waals surface area contributed by atoms with Gasteiger partial charge in [0.2, 0.25) is 0 Å². The van der Waals surface area contributed by atoms with Gasteiger partial charge in [0, 0.05) is 12.6 Å². The third-order valence-corrected chi connectivity index (χ3v) is 3.30. The Morgan fingerprint density at radius 2 is 1.88 bits per heavy atom. The standard InChI is InChI=1S/C17H15BrN2O5/c18-14-8-6-13(25-14)7-9-16(22)24-11-15(21)20-17(23)19-10-12-4-2-1-3-5-12/h1-9H,10-11H2,(H2,19,20,21,23). The Bertz CT molecular complexity index is 770. The van der Waals surface area contributed by atoms with E-state index in [4.69, 9.17) is 9.15 Å². The predicted octanol–water partition coefficient (Wildman–Crippen LogP) is 2.62. The van der Waals surface area contributed by atoms with Crippen LogP contribution in [0, 0.1) is 0 Å². The molecule has 0 aliphatic carbocycles. The summed E-state index contributed by atoms with van der Waals surface area (Å²) in [7, 11) is 0. The van der Waals surface area contributed by atoms with Crippen LogP contribution in [0.1, 0.15) is 11.3 Å². The van der Waals surface area contributed by atoms with Gasteiger partial charge >= 0.3 is 12.0 Å². The summed E-state index contributed by atoms with van der Waals surface area (Å²) in [5.41, 5.74) is 0.895. The molecule has 0 radical (unpaired) electrons. The predicted molar refractivity (Wildman–Crippen MR) is 93.2 cm³/mol. The molecular weight excluding hydrogens is 392 g/mol. The van der Waals surface area contributed by atoms with Crippen molar-refractivity contribution < 1.29 is 23.5 Å². The number of imide groups is 1. The second-order valence-corrected chi connectivity index (χ2v) is 5.58. The van der Waals surface area contributed by atoms with E-state index in [0.29, 0.717) is 10.4 Å². The summed E-state index contributed by atoms with van der Waals surface area (Å²) >= 11 is 3.13. The molecular formula is C17H15BrN2O5. The molecule has 8 heteroatoms. The highest BCUT2D eigenvalue weighted by atomic mass is 79.9. The number of esters is 1. The molecule has 0 fully saturated rings. The van der Waals surface area contributed by atoms with Crippen molar-refractivity contribution in [1.29, 1.82) is 0 Å². The third kappa shape index (κ3) is 7.05. The lowest BCUT2D eigenvalue weighted by atomic mass is 10.2. The summed E-state index contributed by atoms with van der Waals surface area (Å²) in [6, 6.07) is 11.9. The average Bonchev–Trinajstić information content (AvgIpc) is 3.02. The fourth-order valence-corrected chi connectivity index (χ4v) is 2.06. The molecule has 0 aliphatic rings. The number of nitrogens with one attached hydrogen (secondary N) is 2. The first-order valence-electron chi connectivity index (χ1n) is 7.25. The molecule has 1 aromatic heterocycles. The van der Waals surface area contributed by atoms with Crippen molar-refractivity contribution in [3.05, 3.63) is 64.5 Å². The van der Waals surface area contributed by atoms with Gasteiger partial charge in [-0.2, -0.15) is 0 Å². The van der Waals surface area contributed by atoms with Gasteiger partial charge in [-0.1, -0.05) is 30.3 Å². The van der Waals surface area contributed by atoms with Crippen molar-refractivity contribution in [2.75, 3.05) is 6.61 Å². The Kier molecular flexibility index (Phi) is 6.97. The van der Waals surface area contributed by atoms with E-state index in [-0.39, 0.29) is 6.54 Å². The van der Waals surface area contributed by atoms with Crippen molar-refractivity contribution in [3.8, 4) is 0 Å². The molecule has 0 spiro atoms. The van der Waals surface area contributed by atoms with Gasteiger partial charge in [-0.15, -0.1) is 0 Å². The number of benzene rings is 1. The van der Waals surface area contributed by atoms with Gasteiger partial charge in [-0.05, 0) is 39.7 Å². The van der Waals surface area contributed by atoms with E-state index < -0.39 is 24.5 Å². The Hall–Kier alpha value is -2.87. The zero-order valence-electron chi connectivity index (χ0n) is 13.0. The van der Waals surface area contributed by atoms with Crippen molar-refractivity contribution in [2.24, 2.45) is 0 Å². The molecule has 0 atom stereocenters. The number of halogens is 1. The van der Waals surface area contributed by atoms with Crippen LogP contribution in [0.3, 0.4) is 0 Å². The van der Waals surface area contributed by atoms with Crippen LogP contribution in [0.15, 0.2) is 57.6 Å². The van der Waals surface area contributed by atoms with Gasteiger partial charge < -0.3 is 14.5 Å². The van der Waals surface area contributed by atoms with E-state index >= 15 is 0 Å². The van der Waals surface area contributed by atoms with Crippen LogP contribution in [0.4, 0.5) is 4.79 Å². The number of ether oxygens (including phenoxy) is 1. The summed E-state index contributed by atoms with van der Waals surface area (Å²) in [6.45, 7) is -0.287. The molecule has 0 aliphatic heterocycles. The molecule has 130 valence electrons. The quantitative estimate of drug-likeness (QED) is 0.567. The lowest BCUT2D eigenvalue weighted by molar-refractivity contribution is -0.143. The topological polar surface area (TPSA) is 97.6 Å². The first kappa shape index (κ1) is 18.5. The number of amides is 3. The molecule has 0 saturated carbocycles. The Morgan fingerprint density at radius 3 is 2.56 bits per heavy atom. The van der Waals surface area contributed by atoms with E-state index in [9.17, 15) is 14.4 Å². The zero-order chi connectivity index (χ0) is 18.1. The monoisotopic (exact) mass is 406 g/mol. The molecule has 2 rings (SSSR count). The molecule has 7 nitrogen and oxygen atoms in total. The van der Waals surface area contributed by atoms with Crippen LogP contribution in [0.5, 0.6) is 0 Å². The average molecular weight is 407 g/mol. The summed E-state index contributed by atoms with van der Waals surface area (Å²) in [5.74, 6) is -1.01. The number of furan rings is 1. The molecule has 3 amide bonds. The van der Waals surface area contributed by atoms with Gasteiger partial charge in [0.15, 0.2) is 11.3 Å². The summed E-state index contributed by atoms with van der Waals surface area (Å²) in [5, 5.41) is 4.59. The molecule has 2 N–H and O–H groups in total. The number of urea groups is 1. The highest BCUT2D eigenvalue weighted by molar-refractivity contribution is 9.10. The van der Waals surface area contributed by atoms with Crippen LogP contribution < -0.4 is 10.6 Å². The van der Waals surface area contributed by atoms with Crippen LogP contribution in [0.25, 0.3) is 6.08 Å². The second-order valence-electron chi connectivity index (χ2n) is 4.80. The molecule has 1 heterocycles. The first-order valence-corrected chi connectivity index (χ1v) is 8.04. The molecule has 0 bridgehead atoms. The third-order valence-electron chi connectivity index (χ3n) is 2.87. The number of carbonyl (C=O) groups is 3. The van der Waals surface area contributed by atoms with Crippen molar-refractivity contribution in [2.45, 2.75) is 6.54 Å². The SMILES string of the molecule is O=C(COC(=O)C=Cc1ccc(Br)o1)NC(=O)NCc1ccccc1. The molecule has 2 aromatic rings. The van der Waals surface area contributed by atoms with E-state index in [1.807, 2.05) is 30.3 Å². The smallest absolute Gasteiger partial charge is 0.331 e. The molecule has 0 saturated heterocycles. The Labute approximate surface area is 152 Å². The minimum atomic E-state index is -0.729. The number of hydrogen-bond donors (Lipinski definition) is 2. The largest absolute Gasteiger partial charge is 0.452 e. The summed E-state index contributed by atoms with van der Waals surface area (Å²) < 4.78 is 10.4. The van der Waals surface area contributed by atoms with Gasteiger partial charge in [0.05, 0.1) is 0 Å². The number of carbonyl (C=O) groups excluding carboxylic acids is 3. The van der Waals surface area contributed by atoms with Gasteiger partial charge in [0.1, 0.15) is 5.76 Å². The lowest BCUT2D eigenvalue weighted by Gasteiger charge is -2.06. The van der Waals surface area contributed by atoms with E-state index in [1.54, 1.807) is 12.1 Å². The van der Waals surface area contributed by atoms with Crippen LogP contribution >= 0.6 is 15.9 Å². The van der Waals surface area contributed by atoms with Crippen molar-refractivity contribution in [3.63, 3.8) is 0 Å². The minimum Gasteiger partial charge on any atom is -0.452 e. The highest BCUT2D eigenvalue weighted by Gasteiger charge is 2.09. The first-order chi connectivity index (χ1) is 12.0. The normalized spacial score (nSPS) is 10.4.